The zero-order valence-corrected chi connectivity index (χ0v) is 13.1. The Morgan fingerprint density at radius 1 is 1.40 bits per heavy atom. The Bertz CT molecular complexity index is 395. The molecule has 1 aromatic heterocycles. The Morgan fingerprint density at radius 3 is 2.90 bits per heavy atom. The van der Waals surface area contributed by atoms with Crippen molar-refractivity contribution in [2.75, 3.05) is 6.54 Å². The summed E-state index contributed by atoms with van der Waals surface area (Å²) in [5.74, 6) is 2.08. The minimum atomic E-state index is 0.514. The van der Waals surface area contributed by atoms with E-state index >= 15 is 0 Å². The highest BCUT2D eigenvalue weighted by atomic mass is 15.1. The van der Waals surface area contributed by atoms with Crippen LogP contribution in [-0.4, -0.2) is 22.1 Å². The molecule has 0 radical (unpaired) electrons. The quantitative estimate of drug-likeness (QED) is 0.414. The van der Waals surface area contributed by atoms with Gasteiger partial charge in [-0.05, 0) is 12.3 Å². The Balaban J connectivity index is 2.33. The number of guanidine groups is 1. The van der Waals surface area contributed by atoms with Gasteiger partial charge in [-0.1, -0.05) is 40.0 Å². The van der Waals surface area contributed by atoms with Gasteiger partial charge in [0.2, 0.25) is 0 Å². The smallest absolute Gasteiger partial charge is 0.189 e. The van der Waals surface area contributed by atoms with E-state index in [1.807, 2.05) is 12.4 Å². The summed E-state index contributed by atoms with van der Waals surface area (Å²) in [6, 6.07) is 0. The van der Waals surface area contributed by atoms with Crippen molar-refractivity contribution in [2.24, 2.45) is 16.6 Å². The van der Waals surface area contributed by atoms with Gasteiger partial charge in [0.1, 0.15) is 12.4 Å². The summed E-state index contributed by atoms with van der Waals surface area (Å²) < 4.78 is 2.14. The van der Waals surface area contributed by atoms with Crippen molar-refractivity contribution < 1.29 is 0 Å². The molecule has 0 unspecified atom stereocenters. The summed E-state index contributed by atoms with van der Waals surface area (Å²) in [6.07, 6.45) is 8.75. The molecule has 0 fully saturated rings. The molecule has 3 N–H and O–H groups in total. The van der Waals surface area contributed by atoms with Crippen molar-refractivity contribution in [3.63, 3.8) is 0 Å². The third-order valence-electron chi connectivity index (χ3n) is 3.09. The highest BCUT2D eigenvalue weighted by Crippen LogP contribution is 2.04. The van der Waals surface area contributed by atoms with Gasteiger partial charge in [0.25, 0.3) is 0 Å². The number of unbranched alkanes of at least 4 members (excludes halogenated alkanes) is 3. The zero-order chi connectivity index (χ0) is 14.8. The van der Waals surface area contributed by atoms with Crippen molar-refractivity contribution in [1.29, 1.82) is 0 Å². The average Bonchev–Trinajstić information content (AvgIpc) is 2.82. The molecule has 0 saturated heterocycles. The number of aromatic nitrogens is 2. The van der Waals surface area contributed by atoms with Crippen molar-refractivity contribution in [2.45, 2.75) is 59.5 Å². The van der Waals surface area contributed by atoms with Crippen LogP contribution >= 0.6 is 0 Å². The van der Waals surface area contributed by atoms with Crippen molar-refractivity contribution in [3.05, 3.63) is 18.2 Å². The van der Waals surface area contributed by atoms with E-state index in [1.165, 1.54) is 19.3 Å². The number of imidazole rings is 1. The largest absolute Gasteiger partial charge is 0.370 e. The summed E-state index contributed by atoms with van der Waals surface area (Å²) in [7, 11) is 0. The standard InChI is InChI=1S/C15H29N5/c1-4-5-6-7-8-18-15(16)19-11-14-17-9-10-20(14)12-13(2)3/h9-10,13H,4-8,11-12H2,1-3H3,(H3,16,18,19). The summed E-state index contributed by atoms with van der Waals surface area (Å²) in [5, 5.41) is 3.15. The number of hydrogen-bond donors (Lipinski definition) is 2. The predicted molar refractivity (Wildman–Crippen MR) is 84.5 cm³/mol. The SMILES string of the molecule is CCCCCCNC(N)=NCc1nccn1CC(C)C. The fourth-order valence-corrected chi connectivity index (χ4v) is 2.03. The van der Waals surface area contributed by atoms with Gasteiger partial charge in [-0.2, -0.15) is 0 Å². The van der Waals surface area contributed by atoms with Crippen LogP contribution in [0.15, 0.2) is 17.4 Å². The van der Waals surface area contributed by atoms with Crippen molar-refractivity contribution >= 4 is 5.96 Å². The third kappa shape index (κ3) is 6.59. The second kappa shape index (κ2) is 9.39. The molecular weight excluding hydrogens is 250 g/mol. The highest BCUT2D eigenvalue weighted by molar-refractivity contribution is 5.77. The monoisotopic (exact) mass is 279 g/mol. The molecule has 5 heteroatoms. The molecular formula is C15H29N5. The first-order chi connectivity index (χ1) is 9.63. The maximum Gasteiger partial charge on any atom is 0.189 e. The molecule has 1 heterocycles. The number of aliphatic imine (C=N–C) groups is 1. The van der Waals surface area contributed by atoms with Crippen molar-refractivity contribution in [1.82, 2.24) is 14.9 Å². The molecule has 0 aliphatic carbocycles. The highest BCUT2D eigenvalue weighted by Gasteiger charge is 2.04. The van der Waals surface area contributed by atoms with Crippen LogP contribution in [0.1, 0.15) is 52.3 Å². The lowest BCUT2D eigenvalue weighted by Crippen LogP contribution is -2.32. The number of nitrogens with one attached hydrogen (secondary N) is 1. The number of nitrogens with zero attached hydrogens (tertiary/aromatic N) is 3. The Hall–Kier alpha value is -1.52. The Kier molecular flexibility index (Phi) is 7.77. The second-order valence-electron chi connectivity index (χ2n) is 5.58. The topological polar surface area (TPSA) is 68.2 Å². The second-order valence-corrected chi connectivity index (χ2v) is 5.58. The van der Waals surface area contributed by atoms with Gasteiger partial charge in [0.15, 0.2) is 5.96 Å². The normalized spacial score (nSPS) is 12.1. The van der Waals surface area contributed by atoms with E-state index in [0.29, 0.717) is 18.4 Å². The van der Waals surface area contributed by atoms with Gasteiger partial charge in [-0.3, -0.25) is 0 Å². The molecule has 1 rings (SSSR count). The van der Waals surface area contributed by atoms with Gasteiger partial charge in [0.05, 0.1) is 0 Å². The Labute approximate surface area is 122 Å². The molecule has 5 nitrogen and oxygen atoms in total. The first-order valence-corrected chi connectivity index (χ1v) is 7.67. The van der Waals surface area contributed by atoms with Crippen molar-refractivity contribution in [3.8, 4) is 0 Å². The minimum absolute atomic E-state index is 0.514. The maximum absolute atomic E-state index is 5.86. The van der Waals surface area contributed by atoms with E-state index in [4.69, 9.17) is 5.73 Å². The first kappa shape index (κ1) is 16.5. The number of nitrogens with two attached hydrogens (primary N) is 1. The van der Waals surface area contributed by atoms with Crippen LogP contribution < -0.4 is 11.1 Å². The zero-order valence-electron chi connectivity index (χ0n) is 13.1. The lowest BCUT2D eigenvalue weighted by Gasteiger charge is -2.09. The molecule has 20 heavy (non-hydrogen) atoms. The Morgan fingerprint density at radius 2 is 2.20 bits per heavy atom. The summed E-state index contributed by atoms with van der Waals surface area (Å²) in [4.78, 5) is 8.69. The van der Waals surface area contributed by atoms with Crippen LogP contribution in [0.4, 0.5) is 0 Å². The summed E-state index contributed by atoms with van der Waals surface area (Å²) >= 11 is 0. The third-order valence-corrected chi connectivity index (χ3v) is 3.09. The number of hydrogen-bond acceptors (Lipinski definition) is 2. The molecule has 0 aliphatic heterocycles. The van der Waals surface area contributed by atoms with Crippen LogP contribution in [0.3, 0.4) is 0 Å². The van der Waals surface area contributed by atoms with E-state index < -0.39 is 0 Å². The molecule has 0 atom stereocenters. The molecule has 0 saturated carbocycles. The van der Waals surface area contributed by atoms with Crippen LogP contribution in [0.25, 0.3) is 0 Å². The average molecular weight is 279 g/mol. The maximum atomic E-state index is 5.86. The first-order valence-electron chi connectivity index (χ1n) is 7.67. The molecule has 0 bridgehead atoms. The lowest BCUT2D eigenvalue weighted by atomic mass is 10.2. The van der Waals surface area contributed by atoms with Crippen LogP contribution in [0.2, 0.25) is 0 Å². The van der Waals surface area contributed by atoms with Crippen LogP contribution in [-0.2, 0) is 13.1 Å². The molecule has 1 aromatic rings. The number of rotatable bonds is 9. The van der Waals surface area contributed by atoms with E-state index in [9.17, 15) is 0 Å². The van der Waals surface area contributed by atoms with Gasteiger partial charge < -0.3 is 15.6 Å². The van der Waals surface area contributed by atoms with Gasteiger partial charge >= 0.3 is 0 Å². The van der Waals surface area contributed by atoms with Crippen LogP contribution in [0.5, 0.6) is 0 Å². The van der Waals surface area contributed by atoms with E-state index in [-0.39, 0.29) is 0 Å². The molecule has 0 amide bonds. The van der Waals surface area contributed by atoms with Crippen LogP contribution in [0, 0.1) is 5.92 Å². The molecule has 0 aromatic carbocycles. The van der Waals surface area contributed by atoms with Gasteiger partial charge in [-0.15, -0.1) is 0 Å². The van der Waals surface area contributed by atoms with E-state index in [2.05, 4.69) is 40.6 Å². The summed E-state index contributed by atoms with van der Waals surface area (Å²) in [6.45, 7) is 9.00. The van der Waals surface area contributed by atoms with Gasteiger partial charge in [-0.25, -0.2) is 9.98 Å². The fourth-order valence-electron chi connectivity index (χ4n) is 2.03. The van der Waals surface area contributed by atoms with E-state index in [0.717, 1.165) is 25.3 Å². The lowest BCUT2D eigenvalue weighted by molar-refractivity contribution is 0.507. The van der Waals surface area contributed by atoms with E-state index in [1.54, 1.807) is 0 Å². The molecule has 114 valence electrons. The molecule has 0 spiro atoms. The minimum Gasteiger partial charge on any atom is -0.370 e. The van der Waals surface area contributed by atoms with Gasteiger partial charge in [0, 0.05) is 25.5 Å². The molecule has 0 aliphatic rings. The fraction of sp³-hybridized carbons (Fsp3) is 0.733. The summed E-state index contributed by atoms with van der Waals surface area (Å²) in [5.41, 5.74) is 5.86. The predicted octanol–water partition coefficient (Wildman–Crippen LogP) is 2.52.